The smallest absolute Gasteiger partial charge is 0.243 e. The lowest BCUT2D eigenvalue weighted by atomic mass is 10.1. The second kappa shape index (κ2) is 6.86. The molecule has 9 heteroatoms. The van der Waals surface area contributed by atoms with Crippen LogP contribution in [0.2, 0.25) is 0 Å². The number of methoxy groups -OCH3 is 1. The quantitative estimate of drug-likeness (QED) is 0.734. The van der Waals surface area contributed by atoms with Gasteiger partial charge in [0.2, 0.25) is 10.0 Å². The minimum atomic E-state index is -3.78. The van der Waals surface area contributed by atoms with Crippen molar-refractivity contribution < 1.29 is 21.6 Å². The molecule has 1 aromatic rings. The maximum atomic E-state index is 13.1. The van der Waals surface area contributed by atoms with Crippen molar-refractivity contribution in [2.75, 3.05) is 38.2 Å². The van der Waals surface area contributed by atoms with Crippen molar-refractivity contribution in [2.24, 2.45) is 0 Å². The number of ether oxygens (including phenoxy) is 1. The highest BCUT2D eigenvalue weighted by molar-refractivity contribution is 7.92. The second-order valence-corrected chi connectivity index (χ2v) is 10.6. The molecule has 0 unspecified atom stereocenters. The summed E-state index contributed by atoms with van der Waals surface area (Å²) in [4.78, 5) is 2.26. The molecule has 2 fully saturated rings. The van der Waals surface area contributed by atoms with Crippen LogP contribution in [-0.4, -0.2) is 76.4 Å². The summed E-state index contributed by atoms with van der Waals surface area (Å²) in [6.45, 7) is 3.67. The maximum Gasteiger partial charge on any atom is 0.243 e. The summed E-state index contributed by atoms with van der Waals surface area (Å²) < 4.78 is 57.1. The Kier molecular flexibility index (Phi) is 5.11. The zero-order chi connectivity index (χ0) is 18.2. The topological polar surface area (TPSA) is 84.0 Å². The molecule has 2 aliphatic heterocycles. The van der Waals surface area contributed by atoms with Crippen molar-refractivity contribution in [2.45, 2.75) is 30.3 Å². The van der Waals surface area contributed by atoms with Crippen molar-refractivity contribution in [3.05, 3.63) is 24.3 Å². The minimum Gasteiger partial charge on any atom is -0.497 e. The van der Waals surface area contributed by atoms with Gasteiger partial charge in [-0.25, -0.2) is 16.8 Å². The van der Waals surface area contributed by atoms with Crippen molar-refractivity contribution in [3.8, 4) is 5.75 Å². The van der Waals surface area contributed by atoms with Crippen molar-refractivity contribution in [3.63, 3.8) is 0 Å². The third-order valence-corrected chi connectivity index (χ3v) is 8.52. The van der Waals surface area contributed by atoms with Gasteiger partial charge in [-0.15, -0.1) is 0 Å². The molecule has 2 aliphatic rings. The third kappa shape index (κ3) is 3.55. The van der Waals surface area contributed by atoms with Crippen molar-refractivity contribution in [1.82, 2.24) is 9.21 Å². The van der Waals surface area contributed by atoms with E-state index in [4.69, 9.17) is 4.74 Å². The zero-order valence-electron chi connectivity index (χ0n) is 14.5. The summed E-state index contributed by atoms with van der Waals surface area (Å²) in [6, 6.07) is 5.52. The van der Waals surface area contributed by atoms with Crippen LogP contribution in [0.4, 0.5) is 0 Å². The molecule has 0 bridgehead atoms. The van der Waals surface area contributed by atoms with Gasteiger partial charge < -0.3 is 4.74 Å². The fourth-order valence-electron chi connectivity index (χ4n) is 3.75. The molecule has 0 aliphatic carbocycles. The van der Waals surface area contributed by atoms with E-state index in [9.17, 15) is 16.8 Å². The number of sulfonamides is 1. The lowest BCUT2D eigenvalue weighted by Crippen LogP contribution is -2.60. The number of sulfone groups is 1. The lowest BCUT2D eigenvalue weighted by molar-refractivity contribution is 0.0957. The number of benzene rings is 1. The average molecular weight is 389 g/mol. The van der Waals surface area contributed by atoms with E-state index < -0.39 is 25.9 Å². The monoisotopic (exact) mass is 388 g/mol. The highest BCUT2D eigenvalue weighted by Crippen LogP contribution is 2.32. The fraction of sp³-hybridized carbons (Fsp3) is 0.625. The molecule has 0 amide bonds. The molecule has 140 valence electrons. The highest BCUT2D eigenvalue weighted by Gasteiger charge is 2.50. The minimum absolute atomic E-state index is 0.0296. The SMILES string of the molecule is CCCN1CCN(S(=O)(=O)c2cccc(OC)c2)[C@@H]2CS(=O)(=O)C[C@@H]21. The van der Waals surface area contributed by atoms with Gasteiger partial charge in [-0.1, -0.05) is 13.0 Å². The first kappa shape index (κ1) is 18.6. The van der Waals surface area contributed by atoms with Gasteiger partial charge in [0.1, 0.15) is 5.75 Å². The molecule has 0 radical (unpaired) electrons. The molecule has 0 saturated carbocycles. The van der Waals surface area contributed by atoms with Crippen LogP contribution in [0.25, 0.3) is 0 Å². The van der Waals surface area contributed by atoms with Crippen LogP contribution in [0.15, 0.2) is 29.2 Å². The maximum absolute atomic E-state index is 13.1. The third-order valence-electron chi connectivity index (χ3n) is 4.90. The lowest BCUT2D eigenvalue weighted by Gasteiger charge is -2.42. The van der Waals surface area contributed by atoms with Crippen LogP contribution in [0.1, 0.15) is 13.3 Å². The van der Waals surface area contributed by atoms with Crippen molar-refractivity contribution in [1.29, 1.82) is 0 Å². The standard InChI is InChI=1S/C16H24N2O5S2/c1-3-7-17-8-9-18(16-12-24(19,20)11-15(16)17)25(21,22)14-6-4-5-13(10-14)23-2/h4-6,10,15-16H,3,7-9,11-12H2,1-2H3/t15-,16+/m0/s1. The normalized spacial score (nSPS) is 27.1. The van der Waals surface area contributed by atoms with E-state index in [0.29, 0.717) is 18.8 Å². The molecule has 3 rings (SSSR count). The first-order valence-corrected chi connectivity index (χ1v) is 11.6. The van der Waals surface area contributed by atoms with E-state index in [2.05, 4.69) is 4.90 Å². The van der Waals surface area contributed by atoms with Gasteiger partial charge in [0.05, 0.1) is 29.6 Å². The largest absolute Gasteiger partial charge is 0.497 e. The Balaban J connectivity index is 1.96. The molecule has 0 aromatic heterocycles. The van der Waals surface area contributed by atoms with Crippen LogP contribution < -0.4 is 4.74 Å². The van der Waals surface area contributed by atoms with Crippen LogP contribution >= 0.6 is 0 Å². The number of rotatable bonds is 5. The molecule has 2 atom stereocenters. The molecule has 7 nitrogen and oxygen atoms in total. The van der Waals surface area contributed by atoms with E-state index in [1.165, 1.54) is 23.5 Å². The van der Waals surface area contributed by atoms with Gasteiger partial charge in [0, 0.05) is 25.2 Å². The molecule has 0 spiro atoms. The number of hydrogen-bond donors (Lipinski definition) is 0. The van der Waals surface area contributed by atoms with E-state index in [-0.39, 0.29) is 22.4 Å². The number of hydrogen-bond acceptors (Lipinski definition) is 6. The van der Waals surface area contributed by atoms with E-state index in [1.54, 1.807) is 12.1 Å². The van der Waals surface area contributed by atoms with Gasteiger partial charge in [0.15, 0.2) is 9.84 Å². The molecule has 2 saturated heterocycles. The average Bonchev–Trinajstić information content (AvgIpc) is 2.90. The molecule has 0 N–H and O–H groups in total. The Morgan fingerprint density at radius 1 is 1.20 bits per heavy atom. The zero-order valence-corrected chi connectivity index (χ0v) is 16.1. The van der Waals surface area contributed by atoms with Gasteiger partial charge in [0.25, 0.3) is 0 Å². The van der Waals surface area contributed by atoms with Gasteiger partial charge in [-0.2, -0.15) is 4.31 Å². The van der Waals surface area contributed by atoms with Gasteiger partial charge in [-0.3, -0.25) is 4.90 Å². The number of fused-ring (bicyclic) bond motifs is 1. The van der Waals surface area contributed by atoms with E-state index in [0.717, 1.165) is 13.0 Å². The first-order chi connectivity index (χ1) is 11.8. The molecular formula is C16H24N2O5S2. The first-order valence-electron chi connectivity index (χ1n) is 8.39. The van der Waals surface area contributed by atoms with Crippen LogP contribution in [0.3, 0.4) is 0 Å². The molecular weight excluding hydrogens is 364 g/mol. The Morgan fingerprint density at radius 2 is 1.92 bits per heavy atom. The van der Waals surface area contributed by atoms with E-state index in [1.807, 2.05) is 6.92 Å². The Morgan fingerprint density at radius 3 is 2.60 bits per heavy atom. The predicted molar refractivity (Wildman–Crippen MR) is 95.0 cm³/mol. The van der Waals surface area contributed by atoms with Crippen LogP contribution in [0.5, 0.6) is 5.75 Å². The summed E-state index contributed by atoms with van der Waals surface area (Å²) in [6.07, 6.45) is 0.909. The van der Waals surface area contributed by atoms with E-state index >= 15 is 0 Å². The number of piperazine rings is 1. The van der Waals surface area contributed by atoms with Gasteiger partial charge in [-0.05, 0) is 25.1 Å². The van der Waals surface area contributed by atoms with Crippen molar-refractivity contribution >= 4 is 19.9 Å². The Bertz CT molecular complexity index is 838. The number of nitrogens with zero attached hydrogens (tertiary/aromatic N) is 2. The van der Waals surface area contributed by atoms with Gasteiger partial charge >= 0.3 is 0 Å². The Labute approximate surface area is 149 Å². The highest BCUT2D eigenvalue weighted by atomic mass is 32.2. The summed E-state index contributed by atoms with van der Waals surface area (Å²) in [7, 11) is -5.53. The summed E-state index contributed by atoms with van der Waals surface area (Å²) >= 11 is 0. The molecule has 25 heavy (non-hydrogen) atoms. The predicted octanol–water partition coefficient (Wildman–Crippen LogP) is 0.577. The molecule has 2 heterocycles. The summed E-state index contributed by atoms with van der Waals surface area (Å²) in [5.41, 5.74) is 0. The summed E-state index contributed by atoms with van der Waals surface area (Å²) in [5.74, 6) is 0.379. The van der Waals surface area contributed by atoms with Crippen LogP contribution in [-0.2, 0) is 19.9 Å². The fourth-order valence-corrected chi connectivity index (χ4v) is 7.54. The summed E-state index contributed by atoms with van der Waals surface area (Å²) in [5, 5.41) is 0. The Hall–Kier alpha value is -1.16. The molecule has 1 aromatic carbocycles. The second-order valence-electron chi connectivity index (χ2n) is 6.54. The van der Waals surface area contributed by atoms with Crippen LogP contribution in [0, 0.1) is 0 Å².